The zero-order valence-corrected chi connectivity index (χ0v) is 14.0. The molecule has 0 spiro atoms. The van der Waals surface area contributed by atoms with Gasteiger partial charge in [0.2, 0.25) is 5.91 Å². The highest BCUT2D eigenvalue weighted by atomic mass is 32.2. The number of amides is 1. The zero-order chi connectivity index (χ0) is 17.0. The number of sulfone groups is 1. The second-order valence-electron chi connectivity index (χ2n) is 5.42. The highest BCUT2D eigenvalue weighted by Crippen LogP contribution is 2.21. The number of primary amides is 1. The maximum absolute atomic E-state index is 12.9. The summed E-state index contributed by atoms with van der Waals surface area (Å²) in [5.74, 6) is -0.707. The molecular formula is C15H22N4O3S. The van der Waals surface area contributed by atoms with E-state index in [1.165, 1.54) is 24.5 Å². The van der Waals surface area contributed by atoms with Crippen molar-refractivity contribution in [1.29, 1.82) is 0 Å². The van der Waals surface area contributed by atoms with E-state index in [2.05, 4.69) is 23.4 Å². The molecule has 0 aromatic carbocycles. The molecule has 0 saturated carbocycles. The molecule has 2 rings (SSSR count). The normalized spacial score (nSPS) is 18.5. The van der Waals surface area contributed by atoms with Crippen molar-refractivity contribution in [1.82, 2.24) is 14.8 Å². The average molecular weight is 338 g/mol. The number of nitrogens with zero attached hydrogens (tertiary/aromatic N) is 3. The topological polar surface area (TPSA) is 96.6 Å². The van der Waals surface area contributed by atoms with Gasteiger partial charge in [0, 0.05) is 38.6 Å². The van der Waals surface area contributed by atoms with Crippen molar-refractivity contribution in [3.8, 4) is 0 Å². The third-order valence-electron chi connectivity index (χ3n) is 4.06. The number of carbonyl (C=O) groups excluding carboxylic acids is 1. The van der Waals surface area contributed by atoms with Crippen LogP contribution in [0.2, 0.25) is 0 Å². The van der Waals surface area contributed by atoms with E-state index in [9.17, 15) is 13.2 Å². The molecule has 8 heteroatoms. The molecule has 0 radical (unpaired) electrons. The number of hydrogen-bond donors (Lipinski definition) is 1. The maximum Gasteiger partial charge on any atom is 0.250 e. The summed E-state index contributed by atoms with van der Waals surface area (Å²) in [5.41, 5.74) is 5.27. The zero-order valence-electron chi connectivity index (χ0n) is 13.2. The Balaban J connectivity index is 2.27. The molecule has 0 bridgehead atoms. The largest absolute Gasteiger partial charge is 0.366 e. The molecule has 0 aliphatic carbocycles. The van der Waals surface area contributed by atoms with Crippen molar-refractivity contribution in [3.05, 3.63) is 36.7 Å². The van der Waals surface area contributed by atoms with Gasteiger partial charge in [0.05, 0.1) is 10.5 Å². The lowest BCUT2D eigenvalue weighted by Gasteiger charge is -2.37. The number of rotatable bonds is 6. The van der Waals surface area contributed by atoms with E-state index >= 15 is 0 Å². The molecule has 2 heterocycles. The molecule has 1 aliphatic rings. The molecule has 1 atom stereocenters. The van der Waals surface area contributed by atoms with Gasteiger partial charge in [-0.1, -0.05) is 13.0 Å². The van der Waals surface area contributed by atoms with Crippen molar-refractivity contribution >= 4 is 15.7 Å². The van der Waals surface area contributed by atoms with Gasteiger partial charge in [-0.2, -0.15) is 0 Å². The fourth-order valence-corrected chi connectivity index (χ4v) is 4.29. The Morgan fingerprint density at radius 1 is 1.39 bits per heavy atom. The number of likely N-dealkylation sites (N-methyl/N-ethyl adjacent to an activating group) is 1. The summed E-state index contributed by atoms with van der Waals surface area (Å²) in [6.07, 6.45) is 3.92. The predicted molar refractivity (Wildman–Crippen MR) is 87.6 cm³/mol. The first-order valence-electron chi connectivity index (χ1n) is 7.48. The van der Waals surface area contributed by atoms with Crippen molar-refractivity contribution < 1.29 is 13.2 Å². The molecular weight excluding hydrogens is 316 g/mol. The first kappa shape index (κ1) is 17.6. The maximum atomic E-state index is 12.9. The summed E-state index contributed by atoms with van der Waals surface area (Å²) in [4.78, 5) is 19.2. The lowest BCUT2D eigenvalue weighted by Crippen LogP contribution is -2.51. The van der Waals surface area contributed by atoms with E-state index in [-0.39, 0.29) is 10.5 Å². The fourth-order valence-electron chi connectivity index (χ4n) is 2.65. The minimum Gasteiger partial charge on any atom is -0.366 e. The van der Waals surface area contributed by atoms with Crippen LogP contribution in [0.5, 0.6) is 0 Å². The number of aromatic nitrogens is 1. The van der Waals surface area contributed by atoms with Gasteiger partial charge in [0.1, 0.15) is 5.37 Å². The van der Waals surface area contributed by atoms with Crippen LogP contribution in [0.3, 0.4) is 0 Å². The Hall–Kier alpha value is -1.77. The summed E-state index contributed by atoms with van der Waals surface area (Å²) in [5, 5.41) is -0.841. The van der Waals surface area contributed by atoms with E-state index in [0.717, 1.165) is 19.6 Å². The quantitative estimate of drug-likeness (QED) is 0.739. The summed E-state index contributed by atoms with van der Waals surface area (Å²) < 4.78 is 25.7. The fraction of sp³-hybridized carbons (Fsp3) is 0.467. The Morgan fingerprint density at radius 2 is 2.04 bits per heavy atom. The van der Waals surface area contributed by atoms with Gasteiger partial charge < -0.3 is 10.6 Å². The molecule has 1 amide bonds. The minimum absolute atomic E-state index is 0.0170. The van der Waals surface area contributed by atoms with Crippen LogP contribution >= 0.6 is 0 Å². The molecule has 1 unspecified atom stereocenters. The average Bonchev–Trinajstić information content (AvgIpc) is 2.56. The van der Waals surface area contributed by atoms with Crippen LogP contribution in [0.25, 0.3) is 0 Å². The molecule has 126 valence electrons. The van der Waals surface area contributed by atoms with E-state index in [4.69, 9.17) is 5.73 Å². The molecule has 7 nitrogen and oxygen atoms in total. The Kier molecular flexibility index (Phi) is 5.51. The predicted octanol–water partition coefficient (Wildman–Crippen LogP) is 0.104. The molecule has 2 N–H and O–H groups in total. The van der Waals surface area contributed by atoms with Crippen LogP contribution in [-0.4, -0.2) is 67.2 Å². The summed E-state index contributed by atoms with van der Waals surface area (Å²) >= 11 is 0. The standard InChI is InChI=1S/C15H22N4O3S/c1-3-14(19-7-5-18(4-2)6-8-19)23(21,22)13-9-12(15(16)20)10-17-11-13/h3,9-11,14H,1,4-8H2,2H3,(H2,16,20). The van der Waals surface area contributed by atoms with Crippen LogP contribution in [0.1, 0.15) is 17.3 Å². The molecule has 23 heavy (non-hydrogen) atoms. The third kappa shape index (κ3) is 3.77. The molecule has 1 aromatic heterocycles. The van der Waals surface area contributed by atoms with Crippen molar-refractivity contribution in [2.75, 3.05) is 32.7 Å². The Labute approximate surface area is 136 Å². The molecule has 1 saturated heterocycles. The number of nitrogens with two attached hydrogens (primary N) is 1. The number of hydrogen-bond acceptors (Lipinski definition) is 6. The van der Waals surface area contributed by atoms with E-state index in [1.54, 1.807) is 0 Å². The van der Waals surface area contributed by atoms with E-state index in [0.29, 0.717) is 13.1 Å². The van der Waals surface area contributed by atoms with Gasteiger partial charge in [-0.05, 0) is 12.6 Å². The van der Waals surface area contributed by atoms with Gasteiger partial charge in [-0.25, -0.2) is 8.42 Å². The van der Waals surface area contributed by atoms with Crippen LogP contribution in [0.15, 0.2) is 36.0 Å². The van der Waals surface area contributed by atoms with Crippen molar-refractivity contribution in [2.24, 2.45) is 5.73 Å². The summed E-state index contributed by atoms with van der Waals surface area (Å²) in [6.45, 7) is 9.63. The molecule has 1 aliphatic heterocycles. The lowest BCUT2D eigenvalue weighted by molar-refractivity contribution is 0.0999. The van der Waals surface area contributed by atoms with Gasteiger partial charge in [0.15, 0.2) is 9.84 Å². The number of piperazine rings is 1. The van der Waals surface area contributed by atoms with Crippen LogP contribution < -0.4 is 5.73 Å². The number of pyridine rings is 1. The van der Waals surface area contributed by atoms with E-state index < -0.39 is 21.1 Å². The first-order valence-corrected chi connectivity index (χ1v) is 9.02. The Morgan fingerprint density at radius 3 is 2.57 bits per heavy atom. The van der Waals surface area contributed by atoms with Crippen LogP contribution in [0, 0.1) is 0 Å². The van der Waals surface area contributed by atoms with E-state index in [1.807, 2.05) is 4.90 Å². The molecule has 1 aromatic rings. The minimum atomic E-state index is -3.71. The highest BCUT2D eigenvalue weighted by Gasteiger charge is 2.32. The van der Waals surface area contributed by atoms with Crippen LogP contribution in [-0.2, 0) is 9.84 Å². The second kappa shape index (κ2) is 7.20. The monoisotopic (exact) mass is 338 g/mol. The van der Waals surface area contributed by atoms with Gasteiger partial charge in [0.25, 0.3) is 0 Å². The van der Waals surface area contributed by atoms with Gasteiger partial charge in [-0.3, -0.25) is 14.7 Å². The van der Waals surface area contributed by atoms with Crippen molar-refractivity contribution in [3.63, 3.8) is 0 Å². The lowest BCUT2D eigenvalue weighted by atomic mass is 10.3. The van der Waals surface area contributed by atoms with Crippen LogP contribution in [0.4, 0.5) is 0 Å². The Bertz CT molecular complexity index is 682. The summed E-state index contributed by atoms with van der Waals surface area (Å²) in [6, 6.07) is 1.27. The SMILES string of the molecule is C=CC(N1CCN(CC)CC1)S(=O)(=O)c1cncc(C(N)=O)c1. The van der Waals surface area contributed by atoms with Gasteiger partial charge >= 0.3 is 0 Å². The van der Waals surface area contributed by atoms with Gasteiger partial charge in [-0.15, -0.1) is 6.58 Å². The van der Waals surface area contributed by atoms with Crippen molar-refractivity contribution in [2.45, 2.75) is 17.2 Å². The molecule has 1 fully saturated rings. The second-order valence-corrected chi connectivity index (χ2v) is 7.46. The number of carbonyl (C=O) groups is 1. The first-order chi connectivity index (χ1) is 10.9. The summed E-state index contributed by atoms with van der Waals surface area (Å²) in [7, 11) is -3.71. The smallest absolute Gasteiger partial charge is 0.250 e. The highest BCUT2D eigenvalue weighted by molar-refractivity contribution is 7.92. The third-order valence-corrected chi connectivity index (χ3v) is 6.07.